The molecule has 1 heterocycles. The molecule has 2 N–H and O–H groups in total. The van der Waals surface area contributed by atoms with Crippen molar-refractivity contribution in [1.82, 2.24) is 10.3 Å². The molecule has 1 aliphatic rings. The number of benzene rings is 1. The zero-order valence-corrected chi connectivity index (χ0v) is 15.2. The van der Waals surface area contributed by atoms with Gasteiger partial charge in [0.1, 0.15) is 5.88 Å². The van der Waals surface area contributed by atoms with E-state index < -0.39 is 9.84 Å². The highest BCUT2D eigenvalue weighted by atomic mass is 32.2. The zero-order chi connectivity index (χ0) is 17.9. The molecule has 0 aliphatic heterocycles. The van der Waals surface area contributed by atoms with Gasteiger partial charge in [-0.2, -0.15) is 0 Å². The van der Waals surface area contributed by atoms with Gasteiger partial charge in [0.2, 0.25) is 0 Å². The second-order valence-electron chi connectivity index (χ2n) is 6.78. The third kappa shape index (κ3) is 4.80. The van der Waals surface area contributed by atoms with Crippen LogP contribution in [0.2, 0.25) is 0 Å². The number of hydrogen-bond acceptors (Lipinski definition) is 4. The van der Waals surface area contributed by atoms with Crippen LogP contribution in [0.3, 0.4) is 0 Å². The van der Waals surface area contributed by atoms with Crippen molar-refractivity contribution in [3.8, 4) is 0 Å². The first-order valence-electron chi connectivity index (χ1n) is 8.65. The predicted molar refractivity (Wildman–Crippen MR) is 98.4 cm³/mol. The van der Waals surface area contributed by atoms with Gasteiger partial charge >= 0.3 is 0 Å². The monoisotopic (exact) mass is 360 g/mol. The van der Waals surface area contributed by atoms with E-state index >= 15 is 0 Å². The van der Waals surface area contributed by atoms with Crippen molar-refractivity contribution in [3.63, 3.8) is 0 Å². The molecule has 0 bridgehead atoms. The molecule has 1 aliphatic carbocycles. The lowest BCUT2D eigenvalue weighted by molar-refractivity contribution is 0.582. The Bertz CT molecular complexity index is 899. The summed E-state index contributed by atoms with van der Waals surface area (Å²) in [7, 11) is -3.35. The minimum atomic E-state index is -3.35. The van der Waals surface area contributed by atoms with Crippen molar-refractivity contribution in [3.05, 3.63) is 63.6 Å². The molecule has 134 valence electrons. The fourth-order valence-corrected chi connectivity index (χ4v) is 4.29. The van der Waals surface area contributed by atoms with E-state index in [0.29, 0.717) is 29.2 Å². The second-order valence-corrected chi connectivity index (χ2v) is 8.74. The molecule has 0 spiro atoms. The fourth-order valence-electron chi connectivity index (χ4n) is 2.89. The van der Waals surface area contributed by atoms with Crippen LogP contribution in [0, 0.1) is 12.8 Å². The Labute approximate surface area is 148 Å². The van der Waals surface area contributed by atoms with Gasteiger partial charge in [0.15, 0.2) is 9.84 Å². The van der Waals surface area contributed by atoms with Gasteiger partial charge in [0, 0.05) is 11.8 Å². The van der Waals surface area contributed by atoms with E-state index in [-0.39, 0.29) is 11.4 Å². The Balaban J connectivity index is 1.70. The highest BCUT2D eigenvalue weighted by Crippen LogP contribution is 2.27. The van der Waals surface area contributed by atoms with E-state index in [9.17, 15) is 13.2 Å². The van der Waals surface area contributed by atoms with Gasteiger partial charge in [0.25, 0.3) is 5.56 Å². The SMILES string of the molecule is Cc1cc(CCc2ccccc2S(=O)(=O)CNCC2CC2)c[nH]c1=O. The molecule has 1 aromatic carbocycles. The minimum Gasteiger partial charge on any atom is -0.329 e. The maximum Gasteiger partial charge on any atom is 0.250 e. The second kappa shape index (κ2) is 7.54. The summed E-state index contributed by atoms with van der Waals surface area (Å²) >= 11 is 0. The number of aromatic amines is 1. The normalized spacial score (nSPS) is 14.6. The van der Waals surface area contributed by atoms with Crippen LogP contribution >= 0.6 is 0 Å². The van der Waals surface area contributed by atoms with E-state index in [1.165, 1.54) is 12.8 Å². The van der Waals surface area contributed by atoms with Crippen LogP contribution in [0.1, 0.15) is 29.5 Å². The Morgan fingerprint density at radius 1 is 1.20 bits per heavy atom. The minimum absolute atomic E-state index is 0.0156. The van der Waals surface area contributed by atoms with Gasteiger partial charge in [-0.1, -0.05) is 18.2 Å². The third-order valence-corrected chi connectivity index (χ3v) is 6.21. The summed E-state index contributed by atoms with van der Waals surface area (Å²) in [4.78, 5) is 14.6. The smallest absolute Gasteiger partial charge is 0.250 e. The lowest BCUT2D eigenvalue weighted by Gasteiger charge is -2.11. The van der Waals surface area contributed by atoms with Crippen molar-refractivity contribution in [2.24, 2.45) is 5.92 Å². The first-order valence-corrected chi connectivity index (χ1v) is 10.3. The van der Waals surface area contributed by atoms with Gasteiger partial charge in [-0.05, 0) is 68.3 Å². The molecule has 25 heavy (non-hydrogen) atoms. The number of rotatable bonds is 8. The Kier molecular flexibility index (Phi) is 5.39. The van der Waals surface area contributed by atoms with Gasteiger partial charge in [-0.25, -0.2) is 8.42 Å². The van der Waals surface area contributed by atoms with Crippen LogP contribution < -0.4 is 10.9 Å². The molecule has 0 amide bonds. The molecule has 3 rings (SSSR count). The average Bonchev–Trinajstić information content (AvgIpc) is 3.40. The Morgan fingerprint density at radius 3 is 2.68 bits per heavy atom. The summed E-state index contributed by atoms with van der Waals surface area (Å²) in [6, 6.07) is 9.03. The summed E-state index contributed by atoms with van der Waals surface area (Å²) in [6.07, 6.45) is 5.39. The lowest BCUT2D eigenvalue weighted by atomic mass is 10.0. The highest BCUT2D eigenvalue weighted by Gasteiger charge is 2.23. The number of aryl methyl sites for hydroxylation is 3. The molecule has 0 atom stereocenters. The molecule has 1 fully saturated rings. The molecule has 1 saturated carbocycles. The van der Waals surface area contributed by atoms with Gasteiger partial charge in [-0.3, -0.25) is 4.79 Å². The predicted octanol–water partition coefficient (Wildman–Crippen LogP) is 2.20. The van der Waals surface area contributed by atoms with Gasteiger partial charge in [-0.15, -0.1) is 0 Å². The van der Waals surface area contributed by atoms with E-state index in [1.807, 2.05) is 18.2 Å². The van der Waals surface area contributed by atoms with Crippen LogP contribution in [-0.2, 0) is 22.7 Å². The van der Waals surface area contributed by atoms with E-state index in [4.69, 9.17) is 0 Å². The van der Waals surface area contributed by atoms with Crippen LogP contribution in [0.5, 0.6) is 0 Å². The first kappa shape index (κ1) is 17.9. The summed E-state index contributed by atoms with van der Waals surface area (Å²) in [5.74, 6) is 0.632. The highest BCUT2D eigenvalue weighted by molar-refractivity contribution is 7.91. The number of aromatic nitrogens is 1. The van der Waals surface area contributed by atoms with Crippen molar-refractivity contribution in [1.29, 1.82) is 0 Å². The summed E-state index contributed by atoms with van der Waals surface area (Å²) in [5, 5.41) is 3.07. The van der Waals surface area contributed by atoms with E-state index in [0.717, 1.165) is 17.7 Å². The molecule has 0 radical (unpaired) electrons. The van der Waals surface area contributed by atoms with Crippen LogP contribution in [0.15, 0.2) is 46.2 Å². The van der Waals surface area contributed by atoms with Crippen molar-refractivity contribution in [2.75, 3.05) is 12.4 Å². The number of nitrogens with one attached hydrogen (secondary N) is 2. The van der Waals surface area contributed by atoms with E-state index in [2.05, 4.69) is 10.3 Å². The molecular formula is C19H24N2O3S. The molecule has 5 nitrogen and oxygen atoms in total. The molecular weight excluding hydrogens is 336 g/mol. The number of hydrogen-bond donors (Lipinski definition) is 2. The van der Waals surface area contributed by atoms with Crippen LogP contribution in [0.4, 0.5) is 0 Å². The Morgan fingerprint density at radius 2 is 1.96 bits per heavy atom. The quantitative estimate of drug-likeness (QED) is 0.756. The fraction of sp³-hybridized carbons (Fsp3) is 0.421. The number of sulfone groups is 1. The average molecular weight is 360 g/mol. The third-order valence-electron chi connectivity index (χ3n) is 4.56. The first-order chi connectivity index (χ1) is 12.0. The largest absolute Gasteiger partial charge is 0.329 e. The molecule has 6 heteroatoms. The number of pyridine rings is 1. The van der Waals surface area contributed by atoms with Crippen molar-refractivity contribution >= 4 is 9.84 Å². The zero-order valence-electron chi connectivity index (χ0n) is 14.4. The summed E-state index contributed by atoms with van der Waals surface area (Å²) < 4.78 is 25.3. The van der Waals surface area contributed by atoms with Crippen LogP contribution in [-0.4, -0.2) is 25.8 Å². The Hall–Kier alpha value is -1.92. The topological polar surface area (TPSA) is 79.0 Å². The summed E-state index contributed by atoms with van der Waals surface area (Å²) in [5.41, 5.74) is 2.40. The van der Waals surface area contributed by atoms with Crippen molar-refractivity contribution < 1.29 is 8.42 Å². The lowest BCUT2D eigenvalue weighted by Crippen LogP contribution is -2.26. The maximum atomic E-state index is 12.7. The van der Waals surface area contributed by atoms with Gasteiger partial charge < -0.3 is 10.3 Å². The standard InChI is InChI=1S/C19H24N2O3S/c1-14-10-16(12-21-19(14)22)8-9-17-4-2-3-5-18(17)25(23,24)13-20-11-15-6-7-15/h2-5,10,12,15,20H,6-9,11,13H2,1H3,(H,21,22). The molecule has 0 unspecified atom stereocenters. The molecule has 0 saturated heterocycles. The van der Waals surface area contributed by atoms with Gasteiger partial charge in [0.05, 0.1) is 4.90 Å². The van der Waals surface area contributed by atoms with Crippen LogP contribution in [0.25, 0.3) is 0 Å². The number of H-pyrrole nitrogens is 1. The van der Waals surface area contributed by atoms with E-state index in [1.54, 1.807) is 25.3 Å². The maximum absolute atomic E-state index is 12.7. The molecule has 2 aromatic rings. The van der Waals surface area contributed by atoms with Crippen molar-refractivity contribution in [2.45, 2.75) is 37.5 Å². The summed E-state index contributed by atoms with van der Waals surface area (Å²) in [6.45, 7) is 2.55. The molecule has 1 aromatic heterocycles.